The summed E-state index contributed by atoms with van der Waals surface area (Å²) in [5, 5.41) is 12.9. The third kappa shape index (κ3) is 3.42. The van der Waals surface area contributed by atoms with Crippen molar-refractivity contribution in [3.8, 4) is 0 Å². The number of amides is 1. The predicted molar refractivity (Wildman–Crippen MR) is 77.9 cm³/mol. The van der Waals surface area contributed by atoms with E-state index >= 15 is 0 Å². The third-order valence-corrected chi connectivity index (χ3v) is 3.23. The molecule has 126 valence electrons. The van der Waals surface area contributed by atoms with Crippen LogP contribution in [0.2, 0.25) is 0 Å². The first kappa shape index (κ1) is 17.2. The minimum Gasteiger partial charge on any atom is -0.327 e. The number of hydrogen-bond donors (Lipinski definition) is 2. The van der Waals surface area contributed by atoms with Crippen molar-refractivity contribution in [2.75, 3.05) is 5.32 Å². The Morgan fingerprint density at radius 3 is 2.58 bits per heavy atom. The monoisotopic (exact) mass is 341 g/mol. The molecule has 0 saturated carbocycles. The van der Waals surface area contributed by atoms with E-state index in [0.717, 1.165) is 0 Å². The number of aromatic amines is 1. The summed E-state index contributed by atoms with van der Waals surface area (Å²) in [7, 11) is 0. The van der Waals surface area contributed by atoms with Gasteiger partial charge in [0.25, 0.3) is 17.2 Å². The molecule has 0 aliphatic rings. The van der Waals surface area contributed by atoms with E-state index in [1.165, 1.54) is 25.1 Å². The lowest BCUT2D eigenvalue weighted by Gasteiger charge is -2.10. The van der Waals surface area contributed by atoms with E-state index in [2.05, 4.69) is 0 Å². The summed E-state index contributed by atoms with van der Waals surface area (Å²) < 4.78 is 38.0. The Hall–Kier alpha value is -3.17. The Bertz CT molecular complexity index is 874. The zero-order chi connectivity index (χ0) is 18.1. The van der Waals surface area contributed by atoms with Crippen molar-refractivity contribution in [3.63, 3.8) is 0 Å². The number of nitrogens with zero attached hydrogens (tertiary/aromatic N) is 1. The summed E-state index contributed by atoms with van der Waals surface area (Å²) in [5.41, 5.74) is -3.10. The first-order valence-corrected chi connectivity index (χ1v) is 6.46. The first-order valence-electron chi connectivity index (χ1n) is 6.46. The maximum atomic E-state index is 12.7. The topological polar surface area (TPSA) is 105 Å². The van der Waals surface area contributed by atoms with Crippen molar-refractivity contribution in [2.45, 2.75) is 13.1 Å². The van der Waals surface area contributed by atoms with Crippen LogP contribution in [0.3, 0.4) is 0 Å². The van der Waals surface area contributed by atoms with Crippen LogP contribution < -0.4 is 10.9 Å². The number of benzene rings is 1. The van der Waals surface area contributed by atoms with Crippen molar-refractivity contribution in [1.82, 2.24) is 4.98 Å². The minimum atomic E-state index is -4.70. The van der Waals surface area contributed by atoms with Crippen LogP contribution >= 0.6 is 0 Å². The lowest BCUT2D eigenvalue weighted by atomic mass is 10.1. The molecule has 0 saturated heterocycles. The highest BCUT2D eigenvalue weighted by molar-refractivity contribution is 6.05. The van der Waals surface area contributed by atoms with Gasteiger partial charge in [0.05, 0.1) is 10.5 Å². The van der Waals surface area contributed by atoms with E-state index in [9.17, 15) is 32.9 Å². The zero-order valence-electron chi connectivity index (χ0n) is 12.1. The molecule has 2 N–H and O–H groups in total. The number of nitrogens with one attached hydrogen (secondary N) is 2. The number of hydrogen-bond acceptors (Lipinski definition) is 4. The third-order valence-electron chi connectivity index (χ3n) is 3.23. The number of nitro groups is 1. The van der Waals surface area contributed by atoms with E-state index in [1.54, 1.807) is 0 Å². The van der Waals surface area contributed by atoms with Crippen molar-refractivity contribution < 1.29 is 22.9 Å². The van der Waals surface area contributed by atoms with Gasteiger partial charge in [-0.15, -0.1) is 0 Å². The lowest BCUT2D eigenvalue weighted by molar-refractivity contribution is -0.385. The molecule has 0 radical (unpaired) electrons. The minimum absolute atomic E-state index is 0.0309. The van der Waals surface area contributed by atoms with Crippen LogP contribution in [0.25, 0.3) is 0 Å². The molecule has 24 heavy (non-hydrogen) atoms. The summed E-state index contributed by atoms with van der Waals surface area (Å²) in [6.45, 7) is 1.32. The highest BCUT2D eigenvalue weighted by Crippen LogP contribution is 2.29. The van der Waals surface area contributed by atoms with Gasteiger partial charge < -0.3 is 10.3 Å². The molecule has 0 spiro atoms. The highest BCUT2D eigenvalue weighted by Gasteiger charge is 2.31. The Kier molecular flexibility index (Phi) is 4.40. The van der Waals surface area contributed by atoms with Crippen LogP contribution in [-0.2, 0) is 6.18 Å². The Morgan fingerprint density at radius 2 is 2.00 bits per heavy atom. The van der Waals surface area contributed by atoms with E-state index in [1.807, 2.05) is 10.3 Å². The van der Waals surface area contributed by atoms with Crippen molar-refractivity contribution in [3.05, 3.63) is 67.6 Å². The van der Waals surface area contributed by atoms with E-state index in [0.29, 0.717) is 12.3 Å². The van der Waals surface area contributed by atoms with Gasteiger partial charge in [0.1, 0.15) is 5.69 Å². The molecule has 1 heterocycles. The molecule has 0 bridgehead atoms. The van der Waals surface area contributed by atoms with Gasteiger partial charge in [0.2, 0.25) is 0 Å². The smallest absolute Gasteiger partial charge is 0.327 e. The van der Waals surface area contributed by atoms with Gasteiger partial charge in [-0.1, -0.05) is 6.07 Å². The van der Waals surface area contributed by atoms with Gasteiger partial charge >= 0.3 is 6.18 Å². The number of anilines is 1. The normalized spacial score (nSPS) is 11.2. The summed E-state index contributed by atoms with van der Waals surface area (Å²) in [5.74, 6) is -0.930. The van der Waals surface area contributed by atoms with Gasteiger partial charge in [-0.3, -0.25) is 19.7 Å². The van der Waals surface area contributed by atoms with Crippen molar-refractivity contribution in [1.29, 1.82) is 0 Å². The highest BCUT2D eigenvalue weighted by atomic mass is 19.4. The summed E-state index contributed by atoms with van der Waals surface area (Å²) in [4.78, 5) is 35.8. The first-order chi connectivity index (χ1) is 11.1. The molecule has 0 unspecified atom stereocenters. The number of nitro benzene ring substituents is 1. The summed E-state index contributed by atoms with van der Waals surface area (Å²) in [6, 6.07) is 4.20. The second-order valence-electron chi connectivity index (χ2n) is 4.79. The maximum Gasteiger partial charge on any atom is 0.417 e. The molecule has 1 amide bonds. The van der Waals surface area contributed by atoms with E-state index in [-0.39, 0.29) is 16.8 Å². The SMILES string of the molecule is Cc1c(C(=O)Nc2cc(C(F)(F)F)c[nH]c2=O)cccc1[N+](=O)[O-]. The van der Waals surface area contributed by atoms with Gasteiger partial charge in [-0.25, -0.2) is 0 Å². The van der Waals surface area contributed by atoms with Crippen LogP contribution in [0.5, 0.6) is 0 Å². The number of alkyl halides is 3. The van der Waals surface area contributed by atoms with Crippen molar-refractivity contribution in [2.24, 2.45) is 0 Å². The number of rotatable bonds is 3. The van der Waals surface area contributed by atoms with Crippen LogP contribution in [0, 0.1) is 17.0 Å². The molecular weight excluding hydrogens is 331 g/mol. The number of carbonyl (C=O) groups is 1. The second kappa shape index (κ2) is 6.14. The van der Waals surface area contributed by atoms with Crippen LogP contribution in [0.1, 0.15) is 21.5 Å². The molecular formula is C14H10F3N3O4. The molecule has 10 heteroatoms. The molecule has 1 aromatic heterocycles. The zero-order valence-corrected chi connectivity index (χ0v) is 12.1. The molecule has 7 nitrogen and oxygen atoms in total. The van der Waals surface area contributed by atoms with Crippen molar-refractivity contribution >= 4 is 17.3 Å². The van der Waals surface area contributed by atoms with Gasteiger partial charge in [0.15, 0.2) is 0 Å². The molecule has 0 fully saturated rings. The molecule has 2 aromatic rings. The van der Waals surface area contributed by atoms with Crippen LogP contribution in [0.4, 0.5) is 24.5 Å². The summed E-state index contributed by atoms with van der Waals surface area (Å²) >= 11 is 0. The fourth-order valence-electron chi connectivity index (χ4n) is 2.00. The van der Waals surface area contributed by atoms with Gasteiger partial charge in [-0.05, 0) is 19.1 Å². The Morgan fingerprint density at radius 1 is 1.33 bits per heavy atom. The lowest BCUT2D eigenvalue weighted by Crippen LogP contribution is -2.22. The summed E-state index contributed by atoms with van der Waals surface area (Å²) in [6.07, 6.45) is -4.22. The fraction of sp³-hybridized carbons (Fsp3) is 0.143. The molecule has 2 rings (SSSR count). The number of pyridine rings is 1. The Labute approximate surface area is 132 Å². The molecule has 0 aliphatic heterocycles. The molecule has 1 aromatic carbocycles. The van der Waals surface area contributed by atoms with Gasteiger partial charge in [0, 0.05) is 23.4 Å². The number of H-pyrrole nitrogens is 1. The molecule has 0 aliphatic carbocycles. The van der Waals surface area contributed by atoms with Crippen LogP contribution in [-0.4, -0.2) is 15.8 Å². The standard InChI is InChI=1S/C14H10F3N3O4/c1-7-9(3-2-4-11(7)20(23)24)12(21)19-10-5-8(14(15,16)17)6-18-13(10)22/h2-6H,1H3,(H,18,22)(H,19,21). The van der Waals surface area contributed by atoms with Gasteiger partial charge in [-0.2, -0.15) is 13.2 Å². The van der Waals surface area contributed by atoms with E-state index in [4.69, 9.17) is 0 Å². The molecule has 0 atom stereocenters. The van der Waals surface area contributed by atoms with E-state index < -0.39 is 33.8 Å². The van der Waals surface area contributed by atoms with Crippen LogP contribution in [0.15, 0.2) is 35.3 Å². The fourth-order valence-corrected chi connectivity index (χ4v) is 2.00. The number of halogens is 3. The largest absolute Gasteiger partial charge is 0.417 e. The number of carbonyl (C=O) groups excluding carboxylic acids is 1. The average Bonchev–Trinajstić information content (AvgIpc) is 2.48. The Balaban J connectivity index is 2.39. The average molecular weight is 341 g/mol. The number of aromatic nitrogens is 1. The quantitative estimate of drug-likeness (QED) is 0.661. The predicted octanol–water partition coefficient (Wildman–Crippen LogP) is 2.86. The maximum absolute atomic E-state index is 12.7. The second-order valence-corrected chi connectivity index (χ2v) is 4.79.